The van der Waals surface area contributed by atoms with Crippen molar-refractivity contribution in [2.24, 2.45) is 23.7 Å². The summed E-state index contributed by atoms with van der Waals surface area (Å²) in [7, 11) is 0. The van der Waals surface area contributed by atoms with Gasteiger partial charge in [0.25, 0.3) is 0 Å². The lowest BCUT2D eigenvalue weighted by molar-refractivity contribution is -0.149. The molecule has 0 radical (unpaired) electrons. The lowest BCUT2D eigenvalue weighted by Crippen LogP contribution is -2.20. The van der Waals surface area contributed by atoms with E-state index < -0.39 is 35.7 Å². The Balaban J connectivity index is 2.71. The van der Waals surface area contributed by atoms with Gasteiger partial charge in [-0.15, -0.1) is 0 Å². The molecule has 1 fully saturated rings. The van der Waals surface area contributed by atoms with Gasteiger partial charge in [0, 0.05) is 6.42 Å². The fourth-order valence-electron chi connectivity index (χ4n) is 2.17. The molecule has 0 amide bonds. The van der Waals surface area contributed by atoms with E-state index >= 15 is 0 Å². The van der Waals surface area contributed by atoms with E-state index in [4.69, 9.17) is 16.1 Å². The minimum atomic E-state index is -1.08. The van der Waals surface area contributed by atoms with Crippen LogP contribution in [-0.2, 0) is 19.2 Å². The smallest absolute Gasteiger partial charge is 0.327 e. The Hall–Kier alpha value is -1.63. The van der Waals surface area contributed by atoms with Crippen molar-refractivity contribution in [2.45, 2.75) is 19.3 Å². The van der Waals surface area contributed by atoms with Gasteiger partial charge in [-0.25, -0.2) is 0 Å². The molecule has 0 heterocycles. The predicted octanol–water partition coefficient (Wildman–Crippen LogP) is -0.395. The number of carbonyl (C=O) groups is 3. The normalized spacial score (nSPS) is 28.7. The molecule has 4 N–H and O–H groups in total. The van der Waals surface area contributed by atoms with Crippen LogP contribution in [0, 0.1) is 17.8 Å². The molecule has 3 unspecified atom stereocenters. The zero-order valence-corrected chi connectivity index (χ0v) is 8.46. The molecule has 16 heavy (non-hydrogen) atoms. The van der Waals surface area contributed by atoms with E-state index in [2.05, 4.69) is 4.84 Å². The Morgan fingerprint density at radius 2 is 1.88 bits per heavy atom. The Kier molecular flexibility index (Phi) is 3.83. The topological polar surface area (TPSA) is 127 Å². The van der Waals surface area contributed by atoms with Crippen molar-refractivity contribution in [1.29, 1.82) is 0 Å². The summed E-state index contributed by atoms with van der Waals surface area (Å²) in [4.78, 5) is 36.6. The highest BCUT2D eigenvalue weighted by atomic mass is 16.7. The third kappa shape index (κ3) is 2.69. The highest BCUT2D eigenvalue weighted by Gasteiger charge is 2.43. The monoisotopic (exact) mass is 231 g/mol. The molecular formula is C9H13NO6. The van der Waals surface area contributed by atoms with E-state index in [1.165, 1.54) is 0 Å². The number of hydrogen-bond donors (Lipinski definition) is 3. The van der Waals surface area contributed by atoms with Gasteiger partial charge in [-0.3, -0.25) is 14.4 Å². The first-order valence-electron chi connectivity index (χ1n) is 4.80. The number of rotatable bonds is 4. The second kappa shape index (κ2) is 4.93. The van der Waals surface area contributed by atoms with E-state index in [1.807, 2.05) is 0 Å². The zero-order chi connectivity index (χ0) is 12.3. The fraction of sp³-hybridized carbons (Fsp3) is 0.667. The van der Waals surface area contributed by atoms with Crippen molar-refractivity contribution >= 4 is 17.9 Å². The quantitative estimate of drug-likeness (QED) is 0.562. The molecule has 0 aromatic rings. The lowest BCUT2D eigenvalue weighted by Gasteiger charge is -2.11. The van der Waals surface area contributed by atoms with Gasteiger partial charge in [-0.2, -0.15) is 5.90 Å². The molecule has 0 saturated heterocycles. The molecule has 1 saturated carbocycles. The standard InChI is InChI=1S/C9H13NO6/c10-16-9(15)5-1-4(3-7(11)12)6(2-5)8(13)14/h4-6H,1-3,10H2,(H,11,12)(H,13,14). The molecule has 1 aliphatic rings. The first-order chi connectivity index (χ1) is 7.45. The van der Waals surface area contributed by atoms with Crippen LogP contribution in [0.5, 0.6) is 0 Å². The maximum atomic E-state index is 11.1. The van der Waals surface area contributed by atoms with Crippen LogP contribution in [0.25, 0.3) is 0 Å². The van der Waals surface area contributed by atoms with Crippen LogP contribution in [-0.4, -0.2) is 28.1 Å². The van der Waals surface area contributed by atoms with E-state index in [-0.39, 0.29) is 19.3 Å². The summed E-state index contributed by atoms with van der Waals surface area (Å²) >= 11 is 0. The van der Waals surface area contributed by atoms with Crippen LogP contribution in [0.4, 0.5) is 0 Å². The number of nitrogens with two attached hydrogens (primary N) is 1. The maximum absolute atomic E-state index is 11.1. The van der Waals surface area contributed by atoms with Crippen LogP contribution < -0.4 is 5.90 Å². The van der Waals surface area contributed by atoms with Gasteiger partial charge in [-0.05, 0) is 18.8 Å². The Morgan fingerprint density at radius 3 is 2.31 bits per heavy atom. The van der Waals surface area contributed by atoms with Crippen LogP contribution in [0.2, 0.25) is 0 Å². The number of hydrogen-bond acceptors (Lipinski definition) is 5. The van der Waals surface area contributed by atoms with Crippen LogP contribution >= 0.6 is 0 Å². The SMILES string of the molecule is NOC(=O)C1CC(CC(=O)O)C(C(=O)O)C1. The molecular weight excluding hydrogens is 218 g/mol. The molecule has 1 rings (SSSR count). The summed E-state index contributed by atoms with van der Waals surface area (Å²) in [5.41, 5.74) is 0. The maximum Gasteiger partial charge on any atom is 0.327 e. The molecule has 1 aliphatic carbocycles. The van der Waals surface area contributed by atoms with Crippen molar-refractivity contribution in [2.75, 3.05) is 0 Å². The number of aliphatic carboxylic acids is 2. The summed E-state index contributed by atoms with van der Waals surface area (Å²) in [5, 5.41) is 17.5. The molecule has 7 heteroatoms. The van der Waals surface area contributed by atoms with Crippen LogP contribution in [0.15, 0.2) is 0 Å². The van der Waals surface area contributed by atoms with Crippen molar-refractivity contribution in [3.63, 3.8) is 0 Å². The van der Waals surface area contributed by atoms with Crippen molar-refractivity contribution in [1.82, 2.24) is 0 Å². The van der Waals surface area contributed by atoms with Crippen LogP contribution in [0.3, 0.4) is 0 Å². The molecule has 7 nitrogen and oxygen atoms in total. The van der Waals surface area contributed by atoms with Gasteiger partial charge in [0.05, 0.1) is 11.8 Å². The van der Waals surface area contributed by atoms with E-state index in [1.54, 1.807) is 0 Å². The molecule has 0 aromatic heterocycles. The summed E-state index contributed by atoms with van der Waals surface area (Å²) in [6.07, 6.45) is 0.0218. The summed E-state index contributed by atoms with van der Waals surface area (Å²) in [6, 6.07) is 0. The Morgan fingerprint density at radius 1 is 1.25 bits per heavy atom. The fourth-order valence-corrected chi connectivity index (χ4v) is 2.17. The highest BCUT2D eigenvalue weighted by Crippen LogP contribution is 2.39. The summed E-state index contributed by atoms with van der Waals surface area (Å²) in [6.45, 7) is 0. The molecule has 0 aromatic carbocycles. The highest BCUT2D eigenvalue weighted by molar-refractivity contribution is 5.78. The predicted molar refractivity (Wildman–Crippen MR) is 49.9 cm³/mol. The summed E-state index contributed by atoms with van der Waals surface area (Å²) < 4.78 is 0. The Labute approximate surface area is 91.1 Å². The second-order valence-corrected chi connectivity index (χ2v) is 3.91. The number of carboxylic acid groups (broad SMARTS) is 2. The summed E-state index contributed by atoms with van der Waals surface area (Å²) in [5.74, 6) is -0.108. The van der Waals surface area contributed by atoms with E-state index in [9.17, 15) is 14.4 Å². The van der Waals surface area contributed by atoms with Crippen molar-refractivity contribution < 1.29 is 29.4 Å². The third-order valence-corrected chi connectivity index (χ3v) is 2.90. The minimum Gasteiger partial charge on any atom is -0.481 e. The average molecular weight is 231 g/mol. The van der Waals surface area contributed by atoms with Gasteiger partial charge in [0.15, 0.2) is 0 Å². The second-order valence-electron chi connectivity index (χ2n) is 3.91. The number of carbonyl (C=O) groups excluding carboxylic acids is 1. The molecule has 90 valence electrons. The van der Waals surface area contributed by atoms with Gasteiger partial charge < -0.3 is 15.1 Å². The van der Waals surface area contributed by atoms with Gasteiger partial charge in [0.2, 0.25) is 0 Å². The van der Waals surface area contributed by atoms with Gasteiger partial charge in [0.1, 0.15) is 0 Å². The van der Waals surface area contributed by atoms with E-state index in [0.717, 1.165) is 0 Å². The molecule has 3 atom stereocenters. The first kappa shape index (κ1) is 12.4. The van der Waals surface area contributed by atoms with E-state index in [0.29, 0.717) is 0 Å². The van der Waals surface area contributed by atoms with Crippen molar-refractivity contribution in [3.05, 3.63) is 0 Å². The van der Waals surface area contributed by atoms with Gasteiger partial charge >= 0.3 is 17.9 Å². The number of carboxylic acids is 2. The van der Waals surface area contributed by atoms with Crippen molar-refractivity contribution in [3.8, 4) is 0 Å². The minimum absolute atomic E-state index is 0.0866. The largest absolute Gasteiger partial charge is 0.481 e. The third-order valence-electron chi connectivity index (χ3n) is 2.90. The van der Waals surface area contributed by atoms with Gasteiger partial charge in [-0.1, -0.05) is 0 Å². The molecule has 0 spiro atoms. The molecule has 0 bridgehead atoms. The zero-order valence-electron chi connectivity index (χ0n) is 8.46. The lowest BCUT2D eigenvalue weighted by atomic mass is 9.93. The molecule has 0 aliphatic heterocycles. The van der Waals surface area contributed by atoms with Crippen LogP contribution in [0.1, 0.15) is 19.3 Å². The Bertz CT molecular complexity index is 315. The first-order valence-corrected chi connectivity index (χ1v) is 4.80. The average Bonchev–Trinajstić information content (AvgIpc) is 2.59.